The minimum absolute atomic E-state index is 0. The quantitative estimate of drug-likeness (QED) is 0.636. The number of pyridine rings is 1. The van der Waals surface area contributed by atoms with Crippen LogP contribution < -0.4 is 4.74 Å². The van der Waals surface area contributed by atoms with Crippen molar-refractivity contribution in [2.75, 3.05) is 19.3 Å². The van der Waals surface area contributed by atoms with Gasteiger partial charge in [0, 0.05) is 52.6 Å². The lowest BCUT2D eigenvalue weighted by atomic mass is 9.89. The monoisotopic (exact) mass is 500 g/mol. The van der Waals surface area contributed by atoms with Crippen LogP contribution in [0.3, 0.4) is 0 Å². The minimum atomic E-state index is -4.57. The highest BCUT2D eigenvalue weighted by Gasteiger charge is 2.41. The molecule has 3 atom stereocenters. The van der Waals surface area contributed by atoms with E-state index in [4.69, 9.17) is 4.74 Å². The maximum atomic E-state index is 12.6. The average molecular weight is 501 g/mol. The number of fused-ring (bicyclic) bond motifs is 1. The molecule has 1 saturated heterocycles. The van der Waals surface area contributed by atoms with Crippen LogP contribution in [0.25, 0.3) is 11.3 Å². The SMILES string of the molecule is C[C@@H](OC(=O)N1CCC([C@H]2Cc3cc(-c4ccc(S(C)=O)cc4)ncc3O2)CC1)C(F)(F)F.O. The average Bonchev–Trinajstić information content (AvgIpc) is 3.22. The molecular weight excluding hydrogens is 473 g/mol. The number of piperidine rings is 1. The van der Waals surface area contributed by atoms with Crippen LogP contribution >= 0.6 is 0 Å². The Morgan fingerprint density at radius 2 is 1.88 bits per heavy atom. The van der Waals surface area contributed by atoms with Gasteiger partial charge in [0.15, 0.2) is 6.10 Å². The molecule has 0 saturated carbocycles. The number of ether oxygens (including phenoxy) is 2. The molecule has 1 amide bonds. The zero-order valence-corrected chi connectivity index (χ0v) is 19.6. The molecule has 186 valence electrons. The molecule has 34 heavy (non-hydrogen) atoms. The molecule has 0 aliphatic carbocycles. The van der Waals surface area contributed by atoms with Gasteiger partial charge < -0.3 is 19.8 Å². The molecule has 0 spiro atoms. The summed E-state index contributed by atoms with van der Waals surface area (Å²) in [6.07, 6.45) is -2.37. The number of alkyl halides is 3. The van der Waals surface area contributed by atoms with Crippen LogP contribution in [0.4, 0.5) is 18.0 Å². The van der Waals surface area contributed by atoms with Gasteiger partial charge in [0.25, 0.3) is 0 Å². The predicted octanol–water partition coefficient (Wildman–Crippen LogP) is 3.76. The highest BCUT2D eigenvalue weighted by atomic mass is 32.2. The van der Waals surface area contributed by atoms with E-state index in [9.17, 15) is 22.2 Å². The number of rotatable bonds is 4. The van der Waals surface area contributed by atoms with Crippen molar-refractivity contribution in [2.45, 2.75) is 49.5 Å². The maximum Gasteiger partial charge on any atom is 0.425 e. The van der Waals surface area contributed by atoms with Crippen molar-refractivity contribution in [1.82, 2.24) is 9.88 Å². The summed E-state index contributed by atoms with van der Waals surface area (Å²) in [7, 11) is -1.04. The van der Waals surface area contributed by atoms with Crippen LogP contribution in [0.2, 0.25) is 0 Å². The molecule has 7 nitrogen and oxygen atoms in total. The lowest BCUT2D eigenvalue weighted by Crippen LogP contribution is -2.44. The highest BCUT2D eigenvalue weighted by molar-refractivity contribution is 7.84. The van der Waals surface area contributed by atoms with Crippen molar-refractivity contribution in [3.05, 3.63) is 42.1 Å². The molecule has 11 heteroatoms. The maximum absolute atomic E-state index is 12.6. The van der Waals surface area contributed by atoms with Crippen molar-refractivity contribution in [3.63, 3.8) is 0 Å². The normalized spacial score (nSPS) is 20.0. The highest BCUT2D eigenvalue weighted by Crippen LogP contribution is 2.37. The third-order valence-electron chi connectivity index (χ3n) is 6.19. The first-order valence-corrected chi connectivity index (χ1v) is 12.3. The van der Waals surface area contributed by atoms with E-state index in [2.05, 4.69) is 9.72 Å². The Labute approximate surface area is 198 Å². The first-order valence-electron chi connectivity index (χ1n) is 10.7. The van der Waals surface area contributed by atoms with Crippen molar-refractivity contribution in [1.29, 1.82) is 0 Å². The van der Waals surface area contributed by atoms with Crippen LogP contribution in [-0.2, 0) is 22.0 Å². The molecule has 3 heterocycles. The minimum Gasteiger partial charge on any atom is -0.488 e. The summed E-state index contributed by atoms with van der Waals surface area (Å²) in [5.74, 6) is 0.916. The second-order valence-corrected chi connectivity index (χ2v) is 9.79. The Kier molecular flexibility index (Phi) is 7.87. The molecule has 4 rings (SSSR count). The predicted molar refractivity (Wildman–Crippen MR) is 120 cm³/mol. The molecule has 1 aromatic carbocycles. The topological polar surface area (TPSA) is 100 Å². The molecule has 1 unspecified atom stereocenters. The molecule has 2 aromatic rings. The van der Waals surface area contributed by atoms with E-state index in [0.29, 0.717) is 32.4 Å². The molecular formula is C23H27F3N2O5S. The summed E-state index contributed by atoms with van der Waals surface area (Å²) in [5.41, 5.74) is 2.78. The second kappa shape index (κ2) is 10.3. The Hall–Kier alpha value is -2.66. The van der Waals surface area contributed by atoms with E-state index < -0.39 is 29.2 Å². The Bertz CT molecular complexity index is 1040. The van der Waals surface area contributed by atoms with E-state index in [0.717, 1.165) is 34.4 Å². The van der Waals surface area contributed by atoms with Gasteiger partial charge in [-0.05, 0) is 43.9 Å². The lowest BCUT2D eigenvalue weighted by molar-refractivity contribution is -0.200. The largest absolute Gasteiger partial charge is 0.488 e. The molecule has 2 aliphatic heterocycles. The number of aromatic nitrogens is 1. The summed E-state index contributed by atoms with van der Waals surface area (Å²) < 4.78 is 60.1. The van der Waals surface area contributed by atoms with E-state index in [1.807, 2.05) is 30.3 Å². The number of halogens is 3. The van der Waals surface area contributed by atoms with Crippen molar-refractivity contribution < 1.29 is 37.1 Å². The summed E-state index contributed by atoms with van der Waals surface area (Å²) in [6.45, 7) is 1.49. The number of nitrogens with zero attached hydrogens (tertiary/aromatic N) is 2. The summed E-state index contributed by atoms with van der Waals surface area (Å²) in [6, 6.07) is 9.44. The fourth-order valence-electron chi connectivity index (χ4n) is 4.16. The van der Waals surface area contributed by atoms with Crippen molar-refractivity contribution in [3.8, 4) is 17.0 Å². The van der Waals surface area contributed by atoms with Crippen LogP contribution in [0, 0.1) is 5.92 Å². The van der Waals surface area contributed by atoms with E-state index in [1.54, 1.807) is 12.5 Å². The van der Waals surface area contributed by atoms with Gasteiger partial charge in [-0.3, -0.25) is 9.19 Å². The fraction of sp³-hybridized carbons (Fsp3) is 0.478. The standard InChI is InChI=1S/C23H25F3N2O4S.H2O/c1-14(23(24,25)26)31-22(29)28-9-7-16(8-10-28)20-12-17-11-19(27-13-21(17)32-20)15-3-5-18(6-4-15)33(2)30;/h3-6,11,13-14,16,20H,7-10,12H2,1-2H3;1H2/t14-,20-,33?;/m1./s1. The Balaban J connectivity index is 0.00000324. The van der Waals surface area contributed by atoms with Crippen LogP contribution in [-0.4, -0.2) is 63.4 Å². The molecule has 0 bridgehead atoms. The summed E-state index contributed by atoms with van der Waals surface area (Å²) >= 11 is 0. The van der Waals surface area contributed by atoms with Gasteiger partial charge in [-0.2, -0.15) is 13.2 Å². The van der Waals surface area contributed by atoms with Crippen molar-refractivity contribution >= 4 is 16.9 Å². The molecule has 0 radical (unpaired) electrons. The first-order chi connectivity index (χ1) is 15.6. The van der Waals surface area contributed by atoms with Crippen molar-refractivity contribution in [2.24, 2.45) is 5.92 Å². The van der Waals surface area contributed by atoms with Gasteiger partial charge in [0.2, 0.25) is 0 Å². The van der Waals surface area contributed by atoms with Crippen LogP contribution in [0.1, 0.15) is 25.3 Å². The van der Waals surface area contributed by atoms with Gasteiger partial charge in [-0.15, -0.1) is 0 Å². The zero-order valence-electron chi connectivity index (χ0n) is 18.8. The molecule has 1 fully saturated rings. The van der Waals surface area contributed by atoms with Gasteiger partial charge in [-0.25, -0.2) is 4.79 Å². The van der Waals surface area contributed by atoms with E-state index in [1.165, 1.54) is 4.90 Å². The number of amides is 1. The zero-order chi connectivity index (χ0) is 23.8. The van der Waals surface area contributed by atoms with Gasteiger partial charge in [-0.1, -0.05) is 12.1 Å². The fourth-order valence-corrected chi connectivity index (χ4v) is 4.68. The third kappa shape index (κ3) is 5.69. The number of carbonyl (C=O) groups is 1. The van der Waals surface area contributed by atoms with Gasteiger partial charge in [0.1, 0.15) is 11.9 Å². The number of hydrogen-bond donors (Lipinski definition) is 0. The van der Waals surface area contributed by atoms with E-state index >= 15 is 0 Å². The first kappa shape index (κ1) is 26.0. The second-order valence-electron chi connectivity index (χ2n) is 8.41. The molecule has 2 N–H and O–H groups in total. The number of likely N-dealkylation sites (tertiary alicyclic amines) is 1. The molecule has 1 aromatic heterocycles. The Morgan fingerprint density at radius 1 is 1.24 bits per heavy atom. The van der Waals surface area contributed by atoms with Gasteiger partial charge in [0.05, 0.1) is 11.9 Å². The number of carbonyl (C=O) groups excluding carboxylic acids is 1. The Morgan fingerprint density at radius 3 is 2.47 bits per heavy atom. The summed E-state index contributed by atoms with van der Waals surface area (Å²) in [5, 5.41) is 0. The summed E-state index contributed by atoms with van der Waals surface area (Å²) in [4.78, 5) is 18.6. The number of benzene rings is 1. The number of hydrogen-bond acceptors (Lipinski definition) is 5. The van der Waals surface area contributed by atoms with E-state index in [-0.39, 0.29) is 17.5 Å². The smallest absolute Gasteiger partial charge is 0.425 e. The van der Waals surface area contributed by atoms with Crippen LogP contribution in [0.15, 0.2) is 41.4 Å². The third-order valence-corrected chi connectivity index (χ3v) is 7.13. The van der Waals surface area contributed by atoms with Crippen LogP contribution in [0.5, 0.6) is 5.75 Å². The molecule has 2 aliphatic rings. The lowest BCUT2D eigenvalue weighted by Gasteiger charge is -2.34. The van der Waals surface area contributed by atoms with Gasteiger partial charge >= 0.3 is 12.3 Å².